The Kier molecular flexibility index (Phi) is 4.95. The highest BCUT2D eigenvalue weighted by atomic mass is 16.5. The minimum Gasteiger partial charge on any atom is -0.469 e. The standard InChI is InChI=1S/C13H24O4/c1-9(2)11(12(14)17-4)13(15)7-5-6-10(8-13)16-3/h9-11,15H,5-8H2,1-4H3. The third-order valence-corrected chi connectivity index (χ3v) is 3.75. The molecule has 0 saturated heterocycles. The maximum atomic E-state index is 11.8. The number of methoxy groups -OCH3 is 2. The topological polar surface area (TPSA) is 55.8 Å². The summed E-state index contributed by atoms with van der Waals surface area (Å²) in [6.45, 7) is 3.88. The molecule has 1 N–H and O–H groups in total. The molecule has 0 aliphatic heterocycles. The van der Waals surface area contributed by atoms with Crippen molar-refractivity contribution in [1.29, 1.82) is 0 Å². The summed E-state index contributed by atoms with van der Waals surface area (Å²) in [6.07, 6.45) is 3.03. The van der Waals surface area contributed by atoms with Crippen molar-refractivity contribution < 1.29 is 19.4 Å². The van der Waals surface area contributed by atoms with E-state index in [1.807, 2.05) is 13.8 Å². The van der Waals surface area contributed by atoms with Crippen LogP contribution in [-0.2, 0) is 14.3 Å². The zero-order chi connectivity index (χ0) is 13.1. The molecule has 0 spiro atoms. The summed E-state index contributed by atoms with van der Waals surface area (Å²) in [7, 11) is 3.02. The molecule has 1 aliphatic rings. The number of hydrogen-bond donors (Lipinski definition) is 1. The van der Waals surface area contributed by atoms with Crippen LogP contribution in [0.1, 0.15) is 39.5 Å². The third kappa shape index (κ3) is 3.19. The first kappa shape index (κ1) is 14.5. The fraction of sp³-hybridized carbons (Fsp3) is 0.923. The largest absolute Gasteiger partial charge is 0.469 e. The maximum absolute atomic E-state index is 11.8. The average Bonchev–Trinajstić information content (AvgIpc) is 2.27. The normalized spacial score (nSPS) is 31.3. The highest BCUT2D eigenvalue weighted by Gasteiger charge is 2.46. The molecule has 4 heteroatoms. The molecule has 3 unspecified atom stereocenters. The van der Waals surface area contributed by atoms with Crippen molar-refractivity contribution in [2.24, 2.45) is 11.8 Å². The minimum absolute atomic E-state index is 0.0413. The highest BCUT2D eigenvalue weighted by molar-refractivity contribution is 5.74. The summed E-state index contributed by atoms with van der Waals surface area (Å²) in [5.74, 6) is -0.729. The predicted molar refractivity (Wildman–Crippen MR) is 64.6 cm³/mol. The first-order chi connectivity index (χ1) is 7.94. The van der Waals surface area contributed by atoms with Gasteiger partial charge in [-0.05, 0) is 25.2 Å². The van der Waals surface area contributed by atoms with Crippen LogP contribution in [-0.4, -0.2) is 37.0 Å². The summed E-state index contributed by atoms with van der Waals surface area (Å²) in [5.41, 5.74) is -0.986. The van der Waals surface area contributed by atoms with Gasteiger partial charge in [0, 0.05) is 13.5 Å². The molecule has 0 bridgehead atoms. The summed E-state index contributed by atoms with van der Waals surface area (Å²) >= 11 is 0. The summed E-state index contributed by atoms with van der Waals surface area (Å²) in [5, 5.41) is 10.7. The quantitative estimate of drug-likeness (QED) is 0.765. The van der Waals surface area contributed by atoms with E-state index in [9.17, 15) is 9.90 Å². The zero-order valence-electron chi connectivity index (χ0n) is 11.2. The van der Waals surface area contributed by atoms with E-state index in [1.54, 1.807) is 7.11 Å². The van der Waals surface area contributed by atoms with Crippen LogP contribution >= 0.6 is 0 Å². The molecular weight excluding hydrogens is 220 g/mol. The van der Waals surface area contributed by atoms with Gasteiger partial charge in [0.2, 0.25) is 0 Å². The summed E-state index contributed by atoms with van der Waals surface area (Å²) in [4.78, 5) is 11.8. The molecule has 17 heavy (non-hydrogen) atoms. The van der Waals surface area contributed by atoms with Gasteiger partial charge in [0.1, 0.15) is 0 Å². The van der Waals surface area contributed by atoms with Crippen molar-refractivity contribution in [3.8, 4) is 0 Å². The molecular formula is C13H24O4. The molecule has 0 radical (unpaired) electrons. The first-order valence-electron chi connectivity index (χ1n) is 6.27. The number of rotatable bonds is 4. The minimum atomic E-state index is -0.986. The van der Waals surface area contributed by atoms with Crippen LogP contribution in [0, 0.1) is 11.8 Å². The fourth-order valence-electron chi connectivity index (χ4n) is 2.96. The van der Waals surface area contributed by atoms with Gasteiger partial charge in [0.05, 0.1) is 24.7 Å². The van der Waals surface area contributed by atoms with E-state index in [0.29, 0.717) is 12.8 Å². The Balaban J connectivity index is 2.87. The van der Waals surface area contributed by atoms with Crippen molar-refractivity contribution in [3.05, 3.63) is 0 Å². The van der Waals surface area contributed by atoms with Gasteiger partial charge in [-0.1, -0.05) is 13.8 Å². The van der Waals surface area contributed by atoms with Crippen LogP contribution in [0.15, 0.2) is 0 Å². The van der Waals surface area contributed by atoms with Crippen molar-refractivity contribution in [2.75, 3.05) is 14.2 Å². The second-order valence-corrected chi connectivity index (χ2v) is 5.30. The van der Waals surface area contributed by atoms with Crippen LogP contribution in [0.3, 0.4) is 0 Å². The van der Waals surface area contributed by atoms with Gasteiger partial charge in [-0.2, -0.15) is 0 Å². The number of hydrogen-bond acceptors (Lipinski definition) is 4. The van der Waals surface area contributed by atoms with Crippen molar-refractivity contribution in [2.45, 2.75) is 51.2 Å². The first-order valence-corrected chi connectivity index (χ1v) is 6.27. The zero-order valence-corrected chi connectivity index (χ0v) is 11.2. The Morgan fingerprint density at radius 3 is 2.53 bits per heavy atom. The Morgan fingerprint density at radius 1 is 1.41 bits per heavy atom. The van der Waals surface area contributed by atoms with Gasteiger partial charge in [-0.25, -0.2) is 0 Å². The lowest BCUT2D eigenvalue weighted by molar-refractivity contribution is -0.167. The van der Waals surface area contributed by atoms with Gasteiger partial charge in [0.15, 0.2) is 0 Å². The van der Waals surface area contributed by atoms with E-state index in [-0.39, 0.29) is 18.0 Å². The predicted octanol–water partition coefficient (Wildman–Crippen LogP) is 1.75. The number of carbonyl (C=O) groups excluding carboxylic acids is 1. The molecule has 0 aromatic heterocycles. The molecule has 4 nitrogen and oxygen atoms in total. The van der Waals surface area contributed by atoms with Crippen LogP contribution in [0.5, 0.6) is 0 Å². The lowest BCUT2D eigenvalue weighted by atomic mass is 9.70. The van der Waals surface area contributed by atoms with E-state index >= 15 is 0 Å². The molecule has 3 atom stereocenters. The van der Waals surface area contributed by atoms with Crippen molar-refractivity contribution >= 4 is 5.97 Å². The molecule has 1 saturated carbocycles. The van der Waals surface area contributed by atoms with E-state index in [2.05, 4.69) is 0 Å². The second-order valence-electron chi connectivity index (χ2n) is 5.30. The lowest BCUT2D eigenvalue weighted by Gasteiger charge is -2.42. The molecule has 0 heterocycles. The van der Waals surface area contributed by atoms with E-state index in [1.165, 1.54) is 7.11 Å². The second kappa shape index (κ2) is 5.83. The molecule has 1 rings (SSSR count). The maximum Gasteiger partial charge on any atom is 0.311 e. The fourth-order valence-corrected chi connectivity index (χ4v) is 2.96. The van der Waals surface area contributed by atoms with E-state index in [0.717, 1.165) is 12.8 Å². The smallest absolute Gasteiger partial charge is 0.311 e. The molecule has 1 fully saturated rings. The van der Waals surface area contributed by atoms with Gasteiger partial charge >= 0.3 is 5.97 Å². The molecule has 100 valence electrons. The highest BCUT2D eigenvalue weighted by Crippen LogP contribution is 2.39. The Morgan fingerprint density at radius 2 is 2.06 bits per heavy atom. The van der Waals surface area contributed by atoms with Gasteiger partial charge in [0.25, 0.3) is 0 Å². The summed E-state index contributed by atoms with van der Waals surface area (Å²) in [6, 6.07) is 0. The Bertz CT molecular complexity index is 264. The van der Waals surface area contributed by atoms with Gasteiger partial charge < -0.3 is 14.6 Å². The Hall–Kier alpha value is -0.610. The van der Waals surface area contributed by atoms with E-state index < -0.39 is 11.5 Å². The summed E-state index contributed by atoms with van der Waals surface area (Å²) < 4.78 is 10.1. The SMILES string of the molecule is COC(=O)C(C(C)C)C1(O)CCCC(OC)C1. The lowest BCUT2D eigenvalue weighted by Crippen LogP contribution is -2.50. The van der Waals surface area contributed by atoms with Crippen LogP contribution in [0.25, 0.3) is 0 Å². The van der Waals surface area contributed by atoms with Crippen LogP contribution in [0.4, 0.5) is 0 Å². The van der Waals surface area contributed by atoms with Gasteiger partial charge in [-0.3, -0.25) is 4.79 Å². The molecule has 1 aliphatic carbocycles. The Labute approximate surface area is 103 Å². The number of aliphatic hydroxyl groups is 1. The number of carbonyl (C=O) groups is 1. The number of ether oxygens (including phenoxy) is 2. The molecule has 0 aromatic carbocycles. The van der Waals surface area contributed by atoms with E-state index in [4.69, 9.17) is 9.47 Å². The third-order valence-electron chi connectivity index (χ3n) is 3.75. The molecule has 0 aromatic rings. The van der Waals surface area contributed by atoms with Crippen molar-refractivity contribution in [1.82, 2.24) is 0 Å². The van der Waals surface area contributed by atoms with Crippen LogP contribution in [0.2, 0.25) is 0 Å². The van der Waals surface area contributed by atoms with Crippen LogP contribution < -0.4 is 0 Å². The molecule has 0 amide bonds. The monoisotopic (exact) mass is 244 g/mol. The van der Waals surface area contributed by atoms with Crippen molar-refractivity contribution in [3.63, 3.8) is 0 Å². The van der Waals surface area contributed by atoms with Gasteiger partial charge in [-0.15, -0.1) is 0 Å². The average molecular weight is 244 g/mol. The number of esters is 1.